The molecule has 1 aliphatic heterocycles. The molecule has 0 atom stereocenters. The first-order chi connectivity index (χ1) is 13.0. The second-order valence-electron chi connectivity index (χ2n) is 6.23. The number of aromatic nitrogens is 2. The van der Waals surface area contributed by atoms with Crippen molar-refractivity contribution in [3.63, 3.8) is 0 Å². The van der Waals surface area contributed by atoms with Crippen molar-refractivity contribution in [3.8, 4) is 5.69 Å². The van der Waals surface area contributed by atoms with Crippen molar-refractivity contribution in [3.05, 3.63) is 70.5 Å². The lowest BCUT2D eigenvalue weighted by molar-refractivity contribution is 0.0972. The van der Waals surface area contributed by atoms with E-state index in [2.05, 4.69) is 5.10 Å². The van der Waals surface area contributed by atoms with Crippen LogP contribution >= 0.6 is 11.6 Å². The number of amides is 2. The Morgan fingerprint density at radius 3 is 2.30 bits per heavy atom. The van der Waals surface area contributed by atoms with Crippen LogP contribution in [0.25, 0.3) is 5.69 Å². The van der Waals surface area contributed by atoms with Gasteiger partial charge in [-0.2, -0.15) is 5.10 Å². The van der Waals surface area contributed by atoms with E-state index in [1.807, 2.05) is 0 Å². The number of carbonyl (C=O) groups excluding carboxylic acids is 2. The van der Waals surface area contributed by atoms with E-state index in [1.54, 1.807) is 53.4 Å². The Labute approximate surface area is 160 Å². The molecule has 0 fully saturated rings. The summed E-state index contributed by atoms with van der Waals surface area (Å²) in [4.78, 5) is 26.7. The van der Waals surface area contributed by atoms with Crippen LogP contribution in [-0.4, -0.2) is 28.1 Å². The fraction of sp³-hybridized carbons (Fsp3) is 0.105. The third-order valence-electron chi connectivity index (χ3n) is 4.53. The van der Waals surface area contributed by atoms with Crippen LogP contribution in [0.2, 0.25) is 5.02 Å². The maximum Gasteiger partial charge on any atom is 0.277 e. The average Bonchev–Trinajstić information content (AvgIpc) is 3.04. The summed E-state index contributed by atoms with van der Waals surface area (Å²) in [6.07, 6.45) is 0.470. The van der Waals surface area contributed by atoms with Crippen molar-refractivity contribution in [2.24, 2.45) is 5.73 Å². The molecule has 1 aromatic heterocycles. The van der Waals surface area contributed by atoms with Crippen molar-refractivity contribution < 1.29 is 9.59 Å². The third kappa shape index (κ3) is 2.92. The highest BCUT2D eigenvalue weighted by atomic mass is 35.5. The first-order valence-corrected chi connectivity index (χ1v) is 8.68. The fourth-order valence-electron chi connectivity index (χ4n) is 3.23. The lowest BCUT2D eigenvalue weighted by Crippen LogP contribution is -2.39. The Morgan fingerprint density at radius 1 is 1.04 bits per heavy atom. The lowest BCUT2D eigenvalue weighted by atomic mass is 10.0. The minimum atomic E-state index is -0.660. The summed E-state index contributed by atoms with van der Waals surface area (Å²) >= 11 is 5.95. The highest BCUT2D eigenvalue weighted by Gasteiger charge is 2.34. The van der Waals surface area contributed by atoms with Crippen molar-refractivity contribution in [2.75, 3.05) is 17.2 Å². The summed E-state index contributed by atoms with van der Waals surface area (Å²) in [6.45, 7) is 0.419. The molecule has 0 unspecified atom stereocenters. The van der Waals surface area contributed by atoms with Gasteiger partial charge >= 0.3 is 0 Å². The summed E-state index contributed by atoms with van der Waals surface area (Å²) in [7, 11) is 0. The van der Waals surface area contributed by atoms with E-state index in [-0.39, 0.29) is 11.6 Å². The third-order valence-corrected chi connectivity index (χ3v) is 4.78. The molecule has 0 saturated heterocycles. The summed E-state index contributed by atoms with van der Waals surface area (Å²) < 4.78 is 1.46. The lowest BCUT2D eigenvalue weighted by Gasteiger charge is -2.27. The van der Waals surface area contributed by atoms with Crippen LogP contribution in [0, 0.1) is 0 Å². The minimum Gasteiger partial charge on any atom is -0.399 e. The van der Waals surface area contributed by atoms with E-state index in [0.29, 0.717) is 40.6 Å². The molecule has 4 rings (SSSR count). The van der Waals surface area contributed by atoms with Gasteiger partial charge in [-0.3, -0.25) is 9.59 Å². The second kappa shape index (κ2) is 6.44. The molecule has 0 bridgehead atoms. The Bertz CT molecular complexity index is 1040. The van der Waals surface area contributed by atoms with Gasteiger partial charge in [0.25, 0.3) is 11.8 Å². The maximum absolute atomic E-state index is 13.3. The molecule has 0 aliphatic carbocycles. The summed E-state index contributed by atoms with van der Waals surface area (Å²) in [6, 6.07) is 13.9. The van der Waals surface area contributed by atoms with Gasteiger partial charge < -0.3 is 16.4 Å². The zero-order chi connectivity index (χ0) is 19.1. The van der Waals surface area contributed by atoms with Crippen molar-refractivity contribution in [1.29, 1.82) is 0 Å². The number of hydrogen-bond donors (Lipinski definition) is 2. The van der Waals surface area contributed by atoms with E-state index in [1.165, 1.54) is 4.68 Å². The van der Waals surface area contributed by atoms with Gasteiger partial charge in [-0.1, -0.05) is 11.6 Å². The van der Waals surface area contributed by atoms with Crippen molar-refractivity contribution >= 4 is 34.8 Å². The van der Waals surface area contributed by atoms with Crippen LogP contribution in [0.5, 0.6) is 0 Å². The number of carbonyl (C=O) groups is 2. The zero-order valence-electron chi connectivity index (χ0n) is 14.2. The molecular formula is C19H16ClN5O2. The van der Waals surface area contributed by atoms with E-state index >= 15 is 0 Å². The van der Waals surface area contributed by atoms with Crippen LogP contribution in [0.1, 0.15) is 26.5 Å². The SMILES string of the molecule is NC(=O)c1nn(-c2ccc(Cl)cc2)c2c1CCN(c1ccc(N)cc1)C2=O. The number of nitrogens with two attached hydrogens (primary N) is 2. The monoisotopic (exact) mass is 381 g/mol. The highest BCUT2D eigenvalue weighted by Crippen LogP contribution is 2.29. The molecule has 27 heavy (non-hydrogen) atoms. The van der Waals surface area contributed by atoms with Crippen LogP contribution < -0.4 is 16.4 Å². The van der Waals surface area contributed by atoms with Crippen molar-refractivity contribution in [1.82, 2.24) is 9.78 Å². The van der Waals surface area contributed by atoms with E-state index < -0.39 is 5.91 Å². The molecule has 0 spiro atoms. The van der Waals surface area contributed by atoms with Crippen LogP contribution in [0.3, 0.4) is 0 Å². The number of hydrogen-bond acceptors (Lipinski definition) is 4. The molecule has 3 aromatic rings. The Hall–Kier alpha value is -3.32. The highest BCUT2D eigenvalue weighted by molar-refractivity contribution is 6.30. The molecule has 4 N–H and O–H groups in total. The number of benzene rings is 2. The Balaban J connectivity index is 1.85. The molecule has 2 heterocycles. The normalized spacial score (nSPS) is 13.5. The molecule has 7 nitrogen and oxygen atoms in total. The standard InChI is InChI=1S/C19H16ClN5O2/c20-11-1-5-14(6-2-11)25-17-15(16(23-25)18(22)26)9-10-24(19(17)27)13-7-3-12(21)4-8-13/h1-8H,9-10,21H2,(H2,22,26). The van der Waals surface area contributed by atoms with Gasteiger partial charge in [-0.25, -0.2) is 4.68 Å². The van der Waals surface area contributed by atoms with Gasteiger partial charge in [0.1, 0.15) is 5.69 Å². The van der Waals surface area contributed by atoms with Gasteiger partial charge in [0.2, 0.25) is 0 Å². The first kappa shape index (κ1) is 17.1. The Kier molecular flexibility index (Phi) is 4.08. The predicted molar refractivity (Wildman–Crippen MR) is 103 cm³/mol. The first-order valence-electron chi connectivity index (χ1n) is 8.31. The fourth-order valence-corrected chi connectivity index (χ4v) is 3.35. The van der Waals surface area contributed by atoms with Crippen molar-refractivity contribution in [2.45, 2.75) is 6.42 Å². The molecule has 8 heteroatoms. The zero-order valence-corrected chi connectivity index (χ0v) is 15.0. The number of rotatable bonds is 3. The topological polar surface area (TPSA) is 107 Å². The van der Waals surface area contributed by atoms with Gasteiger partial charge in [-0.05, 0) is 55.0 Å². The molecule has 0 radical (unpaired) electrons. The van der Waals surface area contributed by atoms with Gasteiger partial charge in [0.15, 0.2) is 5.69 Å². The smallest absolute Gasteiger partial charge is 0.277 e. The number of nitrogens with zero attached hydrogens (tertiary/aromatic N) is 3. The van der Waals surface area contributed by atoms with Gasteiger partial charge in [0, 0.05) is 28.5 Å². The largest absolute Gasteiger partial charge is 0.399 e. The number of primary amides is 1. The van der Waals surface area contributed by atoms with Gasteiger partial charge in [-0.15, -0.1) is 0 Å². The van der Waals surface area contributed by atoms with Crippen LogP contribution in [-0.2, 0) is 6.42 Å². The minimum absolute atomic E-state index is 0.116. The summed E-state index contributed by atoms with van der Waals surface area (Å²) in [5.74, 6) is -0.913. The average molecular weight is 382 g/mol. The molecular weight excluding hydrogens is 366 g/mol. The van der Waals surface area contributed by atoms with Gasteiger partial charge in [0.05, 0.1) is 5.69 Å². The predicted octanol–water partition coefficient (Wildman–Crippen LogP) is 2.41. The van der Waals surface area contributed by atoms with E-state index in [9.17, 15) is 9.59 Å². The quantitative estimate of drug-likeness (QED) is 0.679. The number of halogens is 1. The molecule has 0 saturated carbocycles. The maximum atomic E-state index is 13.3. The molecule has 2 aromatic carbocycles. The van der Waals surface area contributed by atoms with Crippen LogP contribution in [0.15, 0.2) is 48.5 Å². The number of nitrogen functional groups attached to an aromatic ring is 1. The molecule has 136 valence electrons. The molecule has 2 amide bonds. The van der Waals surface area contributed by atoms with E-state index in [4.69, 9.17) is 23.1 Å². The number of fused-ring (bicyclic) bond motifs is 1. The summed E-state index contributed by atoms with van der Waals surface area (Å²) in [5.41, 5.74) is 14.2. The summed E-state index contributed by atoms with van der Waals surface area (Å²) in [5, 5.41) is 4.88. The van der Waals surface area contributed by atoms with E-state index in [0.717, 1.165) is 5.69 Å². The van der Waals surface area contributed by atoms with Crippen LogP contribution in [0.4, 0.5) is 11.4 Å². The molecule has 1 aliphatic rings. The number of anilines is 2. The second-order valence-corrected chi connectivity index (χ2v) is 6.66. The Morgan fingerprint density at radius 2 is 1.67 bits per heavy atom.